The van der Waals surface area contributed by atoms with Gasteiger partial charge in [-0.1, -0.05) is 12.1 Å². The molecule has 0 radical (unpaired) electrons. The molecule has 4 nitrogen and oxygen atoms in total. The van der Waals surface area contributed by atoms with Gasteiger partial charge >= 0.3 is 0 Å². The predicted octanol–water partition coefficient (Wildman–Crippen LogP) is 4.35. The Kier molecular flexibility index (Phi) is 4.10. The van der Waals surface area contributed by atoms with E-state index in [1.165, 1.54) is 0 Å². The van der Waals surface area contributed by atoms with E-state index in [4.69, 9.17) is 4.42 Å². The van der Waals surface area contributed by atoms with Gasteiger partial charge in [0.2, 0.25) is 0 Å². The van der Waals surface area contributed by atoms with Crippen molar-refractivity contribution in [2.75, 3.05) is 17.2 Å². The van der Waals surface area contributed by atoms with Crippen LogP contribution in [0.15, 0.2) is 59.5 Å². The standard InChI is InChI=1S/C18H19N3O/c1-3-11-19-16-5-4-6-17-15(16)9-10-18(21-17)20-12-14-8-7-13(2)22-14/h3-10,19H,1,11-12H2,2H3,(H,20,21). The Hall–Kier alpha value is -2.75. The molecule has 0 atom stereocenters. The van der Waals surface area contributed by atoms with Crippen molar-refractivity contribution in [1.82, 2.24) is 4.98 Å². The molecule has 0 aliphatic rings. The fraction of sp³-hybridized carbons (Fsp3) is 0.167. The zero-order valence-electron chi connectivity index (χ0n) is 12.6. The van der Waals surface area contributed by atoms with Crippen LogP contribution in [-0.4, -0.2) is 11.5 Å². The Balaban J connectivity index is 1.79. The number of rotatable bonds is 6. The van der Waals surface area contributed by atoms with Gasteiger partial charge in [0.05, 0.1) is 12.1 Å². The summed E-state index contributed by atoms with van der Waals surface area (Å²) in [5, 5.41) is 7.71. The summed E-state index contributed by atoms with van der Waals surface area (Å²) in [6, 6.07) is 14.0. The van der Waals surface area contributed by atoms with Gasteiger partial charge in [-0.15, -0.1) is 6.58 Å². The summed E-state index contributed by atoms with van der Waals surface area (Å²) >= 11 is 0. The third-order valence-electron chi connectivity index (χ3n) is 3.41. The van der Waals surface area contributed by atoms with Crippen molar-refractivity contribution in [3.8, 4) is 0 Å². The Morgan fingerprint density at radius 3 is 2.82 bits per heavy atom. The molecule has 4 heteroatoms. The molecule has 2 heterocycles. The minimum absolute atomic E-state index is 0.626. The van der Waals surface area contributed by atoms with Crippen LogP contribution in [0.3, 0.4) is 0 Å². The molecule has 0 fully saturated rings. The van der Waals surface area contributed by atoms with E-state index >= 15 is 0 Å². The number of pyridine rings is 1. The average Bonchev–Trinajstić information content (AvgIpc) is 2.96. The molecule has 2 N–H and O–H groups in total. The maximum absolute atomic E-state index is 5.55. The van der Waals surface area contributed by atoms with Crippen LogP contribution < -0.4 is 10.6 Å². The lowest BCUT2D eigenvalue weighted by atomic mass is 10.2. The fourth-order valence-electron chi connectivity index (χ4n) is 2.35. The smallest absolute Gasteiger partial charge is 0.127 e. The van der Waals surface area contributed by atoms with E-state index < -0.39 is 0 Å². The zero-order valence-corrected chi connectivity index (χ0v) is 12.6. The predicted molar refractivity (Wildman–Crippen MR) is 91.2 cm³/mol. The molecule has 0 saturated carbocycles. The Morgan fingerprint density at radius 2 is 2.05 bits per heavy atom. The summed E-state index contributed by atoms with van der Waals surface area (Å²) in [7, 11) is 0. The summed E-state index contributed by atoms with van der Waals surface area (Å²) in [6.07, 6.45) is 1.84. The molecular weight excluding hydrogens is 274 g/mol. The number of benzene rings is 1. The molecule has 0 spiro atoms. The van der Waals surface area contributed by atoms with Crippen LogP contribution in [0.1, 0.15) is 11.5 Å². The van der Waals surface area contributed by atoms with E-state index in [2.05, 4.69) is 28.3 Å². The molecule has 112 valence electrons. The molecule has 0 aliphatic carbocycles. The van der Waals surface area contributed by atoms with Crippen LogP contribution in [0.4, 0.5) is 11.5 Å². The first-order chi connectivity index (χ1) is 10.8. The second kappa shape index (κ2) is 6.35. The molecule has 3 rings (SSSR count). The highest BCUT2D eigenvalue weighted by molar-refractivity contribution is 5.92. The van der Waals surface area contributed by atoms with Gasteiger partial charge in [-0.3, -0.25) is 0 Å². The SMILES string of the molecule is C=CCNc1cccc2nc(NCc3ccc(C)o3)ccc12. The normalized spacial score (nSPS) is 10.6. The van der Waals surface area contributed by atoms with E-state index in [1.54, 1.807) is 0 Å². The number of fused-ring (bicyclic) bond motifs is 1. The number of hydrogen-bond donors (Lipinski definition) is 2. The van der Waals surface area contributed by atoms with Crippen molar-refractivity contribution < 1.29 is 4.42 Å². The van der Waals surface area contributed by atoms with Gasteiger partial charge in [0, 0.05) is 17.6 Å². The number of hydrogen-bond acceptors (Lipinski definition) is 4. The monoisotopic (exact) mass is 293 g/mol. The fourth-order valence-corrected chi connectivity index (χ4v) is 2.35. The van der Waals surface area contributed by atoms with Gasteiger partial charge in [0.25, 0.3) is 0 Å². The molecular formula is C18H19N3O. The van der Waals surface area contributed by atoms with Gasteiger partial charge in [0.15, 0.2) is 0 Å². The first-order valence-corrected chi connectivity index (χ1v) is 7.30. The van der Waals surface area contributed by atoms with Crippen molar-refractivity contribution >= 4 is 22.4 Å². The van der Waals surface area contributed by atoms with E-state index in [0.717, 1.165) is 40.5 Å². The van der Waals surface area contributed by atoms with Crippen LogP contribution in [0.2, 0.25) is 0 Å². The Labute approximate surface area is 129 Å². The van der Waals surface area contributed by atoms with Gasteiger partial charge in [-0.2, -0.15) is 0 Å². The Bertz CT molecular complexity index is 792. The van der Waals surface area contributed by atoms with Crippen LogP contribution in [0, 0.1) is 6.92 Å². The van der Waals surface area contributed by atoms with Crippen LogP contribution in [-0.2, 0) is 6.54 Å². The number of furan rings is 1. The van der Waals surface area contributed by atoms with Crippen LogP contribution >= 0.6 is 0 Å². The van der Waals surface area contributed by atoms with Crippen molar-refractivity contribution in [3.05, 3.63) is 66.6 Å². The van der Waals surface area contributed by atoms with Crippen LogP contribution in [0.5, 0.6) is 0 Å². The third-order valence-corrected chi connectivity index (χ3v) is 3.41. The summed E-state index contributed by atoms with van der Waals surface area (Å²) in [5.41, 5.74) is 2.02. The first kappa shape index (κ1) is 14.2. The molecule has 2 aromatic heterocycles. The highest BCUT2D eigenvalue weighted by atomic mass is 16.3. The van der Waals surface area contributed by atoms with Crippen molar-refractivity contribution in [2.45, 2.75) is 13.5 Å². The molecule has 0 aliphatic heterocycles. The molecule has 1 aromatic carbocycles. The van der Waals surface area contributed by atoms with Crippen molar-refractivity contribution in [2.24, 2.45) is 0 Å². The van der Waals surface area contributed by atoms with Crippen molar-refractivity contribution in [3.63, 3.8) is 0 Å². The topological polar surface area (TPSA) is 50.1 Å². The summed E-state index contributed by atoms with van der Waals surface area (Å²) < 4.78 is 5.55. The lowest BCUT2D eigenvalue weighted by molar-refractivity contribution is 0.490. The van der Waals surface area contributed by atoms with Crippen LogP contribution in [0.25, 0.3) is 10.9 Å². The maximum Gasteiger partial charge on any atom is 0.127 e. The Morgan fingerprint density at radius 1 is 1.14 bits per heavy atom. The average molecular weight is 293 g/mol. The molecule has 3 aromatic rings. The molecule has 0 bridgehead atoms. The minimum atomic E-state index is 0.626. The number of aryl methyl sites for hydroxylation is 1. The van der Waals surface area contributed by atoms with E-state index in [-0.39, 0.29) is 0 Å². The number of anilines is 2. The lowest BCUT2D eigenvalue weighted by Crippen LogP contribution is -2.02. The number of nitrogens with zero attached hydrogens (tertiary/aromatic N) is 1. The van der Waals surface area contributed by atoms with Crippen molar-refractivity contribution in [1.29, 1.82) is 0 Å². The second-order valence-electron chi connectivity index (χ2n) is 5.10. The quantitative estimate of drug-likeness (QED) is 0.664. The van der Waals surface area contributed by atoms with E-state index in [9.17, 15) is 0 Å². The molecule has 22 heavy (non-hydrogen) atoms. The largest absolute Gasteiger partial charge is 0.465 e. The van der Waals surface area contributed by atoms with E-state index in [1.807, 2.05) is 49.4 Å². The summed E-state index contributed by atoms with van der Waals surface area (Å²) in [5.74, 6) is 2.66. The van der Waals surface area contributed by atoms with Gasteiger partial charge in [-0.25, -0.2) is 4.98 Å². The second-order valence-corrected chi connectivity index (χ2v) is 5.10. The molecule has 0 amide bonds. The minimum Gasteiger partial charge on any atom is -0.465 e. The van der Waals surface area contributed by atoms with Gasteiger partial charge in [0.1, 0.15) is 17.3 Å². The summed E-state index contributed by atoms with van der Waals surface area (Å²) in [4.78, 5) is 4.65. The lowest BCUT2D eigenvalue weighted by Gasteiger charge is -2.09. The van der Waals surface area contributed by atoms with Gasteiger partial charge in [-0.05, 0) is 43.3 Å². The highest BCUT2D eigenvalue weighted by Crippen LogP contribution is 2.23. The molecule has 0 unspecified atom stereocenters. The van der Waals surface area contributed by atoms with Gasteiger partial charge < -0.3 is 15.1 Å². The third kappa shape index (κ3) is 3.11. The number of nitrogens with one attached hydrogen (secondary N) is 2. The zero-order chi connectivity index (χ0) is 15.4. The highest BCUT2D eigenvalue weighted by Gasteiger charge is 2.04. The molecule has 0 saturated heterocycles. The first-order valence-electron chi connectivity index (χ1n) is 7.30. The summed E-state index contributed by atoms with van der Waals surface area (Å²) in [6.45, 7) is 7.03. The number of aromatic nitrogens is 1. The maximum atomic E-state index is 5.55. The van der Waals surface area contributed by atoms with E-state index in [0.29, 0.717) is 6.54 Å².